The van der Waals surface area contributed by atoms with Crippen LogP contribution in [-0.4, -0.2) is 11.5 Å². The minimum atomic E-state index is 0.694. The lowest BCUT2D eigenvalue weighted by Crippen LogP contribution is -1.95. The summed E-state index contributed by atoms with van der Waals surface area (Å²) < 4.78 is 0. The molecule has 2 rings (SSSR count). The van der Waals surface area contributed by atoms with Gasteiger partial charge in [0.2, 0.25) is 0 Å². The van der Waals surface area contributed by atoms with Crippen LogP contribution in [0.1, 0.15) is 12.0 Å². The smallest absolute Gasteiger partial charge is 0.0707 e. The summed E-state index contributed by atoms with van der Waals surface area (Å²) in [6.07, 6.45) is 6.96. The van der Waals surface area contributed by atoms with Gasteiger partial charge in [0.1, 0.15) is 0 Å². The molecule has 0 atom stereocenters. The normalized spacial score (nSPS) is 11.3. The van der Waals surface area contributed by atoms with E-state index in [1.165, 1.54) is 10.9 Å². The van der Waals surface area contributed by atoms with Crippen molar-refractivity contribution < 1.29 is 0 Å². The Labute approximate surface area is 89.4 Å². The Bertz CT molecular complexity index is 469. The molecule has 76 valence electrons. The van der Waals surface area contributed by atoms with Crippen LogP contribution < -0.4 is 5.73 Å². The summed E-state index contributed by atoms with van der Waals surface area (Å²) in [5, 5.41) is 1.19. The number of hydrogen-bond donors (Lipinski definition) is 1. The second kappa shape index (κ2) is 4.71. The predicted molar refractivity (Wildman–Crippen MR) is 64.4 cm³/mol. The highest BCUT2D eigenvalue weighted by Gasteiger charge is 1.96. The Morgan fingerprint density at radius 1 is 1.20 bits per heavy atom. The molecule has 0 amide bonds. The zero-order valence-corrected chi connectivity index (χ0v) is 8.56. The average molecular weight is 198 g/mol. The lowest BCUT2D eigenvalue weighted by Gasteiger charge is -2.00. The SMILES string of the molecule is NCC/C=C\c1ccnc2ccccc12. The third-order valence-corrected chi connectivity index (χ3v) is 2.31. The third-order valence-electron chi connectivity index (χ3n) is 2.31. The van der Waals surface area contributed by atoms with E-state index in [2.05, 4.69) is 23.2 Å². The molecular weight excluding hydrogens is 184 g/mol. The molecule has 0 spiro atoms. The van der Waals surface area contributed by atoms with Gasteiger partial charge in [0.15, 0.2) is 0 Å². The Kier molecular flexibility index (Phi) is 3.10. The number of aromatic nitrogens is 1. The molecule has 0 saturated heterocycles. The minimum Gasteiger partial charge on any atom is -0.330 e. The van der Waals surface area contributed by atoms with Gasteiger partial charge in [-0.3, -0.25) is 4.98 Å². The van der Waals surface area contributed by atoms with E-state index >= 15 is 0 Å². The number of pyridine rings is 1. The zero-order valence-electron chi connectivity index (χ0n) is 8.56. The fraction of sp³-hybridized carbons (Fsp3) is 0.154. The largest absolute Gasteiger partial charge is 0.330 e. The molecule has 0 fully saturated rings. The number of nitrogens with two attached hydrogens (primary N) is 1. The molecule has 2 nitrogen and oxygen atoms in total. The van der Waals surface area contributed by atoms with Crippen LogP contribution in [0.15, 0.2) is 42.6 Å². The molecule has 15 heavy (non-hydrogen) atoms. The molecule has 0 radical (unpaired) electrons. The van der Waals surface area contributed by atoms with Crippen LogP contribution in [0.5, 0.6) is 0 Å². The predicted octanol–water partition coefficient (Wildman–Crippen LogP) is 2.60. The topological polar surface area (TPSA) is 38.9 Å². The highest BCUT2D eigenvalue weighted by Crippen LogP contribution is 2.17. The standard InChI is InChI=1S/C13H14N2/c14-9-4-3-5-11-8-10-15-13-7-2-1-6-12(11)13/h1-3,5-8,10H,4,9,14H2/b5-3-. The van der Waals surface area contributed by atoms with Gasteiger partial charge in [-0.1, -0.05) is 30.4 Å². The second-order valence-electron chi connectivity index (χ2n) is 3.40. The molecule has 0 saturated carbocycles. The lowest BCUT2D eigenvalue weighted by molar-refractivity contribution is 1.01. The summed E-state index contributed by atoms with van der Waals surface area (Å²) in [6, 6.07) is 10.2. The van der Waals surface area contributed by atoms with Crippen LogP contribution in [0.2, 0.25) is 0 Å². The van der Waals surface area contributed by atoms with Crippen molar-refractivity contribution in [2.75, 3.05) is 6.54 Å². The van der Waals surface area contributed by atoms with Crippen LogP contribution in [0, 0.1) is 0 Å². The maximum Gasteiger partial charge on any atom is 0.0707 e. The molecule has 0 aliphatic carbocycles. The monoisotopic (exact) mass is 198 g/mol. The molecule has 0 unspecified atom stereocenters. The van der Waals surface area contributed by atoms with Gasteiger partial charge in [-0.25, -0.2) is 0 Å². The number of benzene rings is 1. The number of rotatable bonds is 3. The zero-order chi connectivity index (χ0) is 10.5. The van der Waals surface area contributed by atoms with E-state index in [1.807, 2.05) is 30.5 Å². The quantitative estimate of drug-likeness (QED) is 0.823. The van der Waals surface area contributed by atoms with E-state index in [9.17, 15) is 0 Å². The average Bonchev–Trinajstić information content (AvgIpc) is 2.30. The summed E-state index contributed by atoms with van der Waals surface area (Å²) in [4.78, 5) is 4.31. The van der Waals surface area contributed by atoms with Crippen molar-refractivity contribution >= 4 is 17.0 Å². The van der Waals surface area contributed by atoms with Crippen molar-refractivity contribution in [3.05, 3.63) is 48.2 Å². The van der Waals surface area contributed by atoms with Gasteiger partial charge in [0.05, 0.1) is 5.52 Å². The first-order valence-electron chi connectivity index (χ1n) is 5.12. The Morgan fingerprint density at radius 3 is 2.93 bits per heavy atom. The summed E-state index contributed by atoms with van der Waals surface area (Å²) in [6.45, 7) is 0.694. The molecule has 2 heteroatoms. The lowest BCUT2D eigenvalue weighted by atomic mass is 10.1. The Hall–Kier alpha value is -1.67. The van der Waals surface area contributed by atoms with E-state index in [-0.39, 0.29) is 0 Å². The number of para-hydroxylation sites is 1. The van der Waals surface area contributed by atoms with Crippen molar-refractivity contribution in [3.63, 3.8) is 0 Å². The second-order valence-corrected chi connectivity index (χ2v) is 3.40. The van der Waals surface area contributed by atoms with Gasteiger partial charge in [-0.05, 0) is 30.7 Å². The van der Waals surface area contributed by atoms with Crippen molar-refractivity contribution in [2.24, 2.45) is 5.73 Å². The van der Waals surface area contributed by atoms with Gasteiger partial charge in [-0.15, -0.1) is 0 Å². The maximum absolute atomic E-state index is 5.44. The van der Waals surface area contributed by atoms with E-state index in [0.717, 1.165) is 11.9 Å². The van der Waals surface area contributed by atoms with Gasteiger partial charge >= 0.3 is 0 Å². The van der Waals surface area contributed by atoms with E-state index in [1.54, 1.807) is 0 Å². The van der Waals surface area contributed by atoms with Crippen molar-refractivity contribution in [3.8, 4) is 0 Å². The summed E-state index contributed by atoms with van der Waals surface area (Å²) in [7, 11) is 0. The first-order valence-corrected chi connectivity index (χ1v) is 5.12. The maximum atomic E-state index is 5.44. The molecule has 2 aromatic rings. The molecule has 1 aromatic heterocycles. The van der Waals surface area contributed by atoms with Crippen molar-refractivity contribution in [1.82, 2.24) is 4.98 Å². The number of nitrogens with zero attached hydrogens (tertiary/aromatic N) is 1. The Morgan fingerprint density at radius 2 is 2.07 bits per heavy atom. The van der Waals surface area contributed by atoms with Gasteiger partial charge in [-0.2, -0.15) is 0 Å². The van der Waals surface area contributed by atoms with Gasteiger partial charge in [0, 0.05) is 11.6 Å². The highest BCUT2D eigenvalue weighted by molar-refractivity contribution is 5.87. The third kappa shape index (κ3) is 2.22. The van der Waals surface area contributed by atoms with E-state index in [0.29, 0.717) is 6.54 Å². The van der Waals surface area contributed by atoms with E-state index in [4.69, 9.17) is 5.73 Å². The van der Waals surface area contributed by atoms with Gasteiger partial charge < -0.3 is 5.73 Å². The number of fused-ring (bicyclic) bond motifs is 1. The molecule has 0 bridgehead atoms. The van der Waals surface area contributed by atoms with Crippen molar-refractivity contribution in [2.45, 2.75) is 6.42 Å². The molecule has 1 heterocycles. The molecule has 0 aliphatic heterocycles. The van der Waals surface area contributed by atoms with Crippen LogP contribution in [0.4, 0.5) is 0 Å². The summed E-state index contributed by atoms with van der Waals surface area (Å²) in [5.74, 6) is 0. The molecule has 2 N–H and O–H groups in total. The van der Waals surface area contributed by atoms with E-state index < -0.39 is 0 Å². The van der Waals surface area contributed by atoms with Crippen LogP contribution in [0.3, 0.4) is 0 Å². The first kappa shape index (κ1) is 9.87. The highest BCUT2D eigenvalue weighted by atomic mass is 14.6. The van der Waals surface area contributed by atoms with Crippen LogP contribution >= 0.6 is 0 Å². The summed E-state index contributed by atoms with van der Waals surface area (Å²) in [5.41, 5.74) is 7.68. The minimum absolute atomic E-state index is 0.694. The first-order chi connectivity index (χ1) is 7.42. The molecular formula is C13H14N2. The number of hydrogen-bond acceptors (Lipinski definition) is 2. The fourth-order valence-corrected chi connectivity index (χ4v) is 1.57. The van der Waals surface area contributed by atoms with Crippen LogP contribution in [0.25, 0.3) is 17.0 Å². The van der Waals surface area contributed by atoms with Gasteiger partial charge in [0.25, 0.3) is 0 Å². The summed E-state index contributed by atoms with van der Waals surface area (Å²) >= 11 is 0. The fourth-order valence-electron chi connectivity index (χ4n) is 1.57. The van der Waals surface area contributed by atoms with Crippen molar-refractivity contribution in [1.29, 1.82) is 0 Å². The molecule has 1 aromatic carbocycles. The molecule has 0 aliphatic rings. The van der Waals surface area contributed by atoms with Crippen LogP contribution in [-0.2, 0) is 0 Å². The Balaban J connectivity index is 2.42.